The van der Waals surface area contributed by atoms with Gasteiger partial charge in [-0.3, -0.25) is 4.79 Å². The van der Waals surface area contributed by atoms with Gasteiger partial charge in [-0.2, -0.15) is 0 Å². The maximum absolute atomic E-state index is 13.0. The molecule has 0 saturated carbocycles. The lowest BCUT2D eigenvalue weighted by atomic mass is 9.90. The lowest BCUT2D eigenvalue weighted by Crippen LogP contribution is -2.09. The Labute approximate surface area is 183 Å². The van der Waals surface area contributed by atoms with Gasteiger partial charge >= 0.3 is 0 Å². The van der Waals surface area contributed by atoms with Gasteiger partial charge in [0, 0.05) is 37.5 Å². The van der Waals surface area contributed by atoms with Crippen molar-refractivity contribution in [3.63, 3.8) is 0 Å². The summed E-state index contributed by atoms with van der Waals surface area (Å²) < 4.78 is 12.5. The zero-order valence-electron chi connectivity index (χ0n) is 20.5. The van der Waals surface area contributed by atoms with Crippen LogP contribution < -0.4 is 0 Å². The van der Waals surface area contributed by atoms with E-state index < -0.39 is 0 Å². The molecule has 0 fully saturated rings. The summed E-state index contributed by atoms with van der Waals surface area (Å²) >= 11 is 0. The topological polar surface area (TPSA) is 43.4 Å². The van der Waals surface area contributed by atoms with E-state index in [1.165, 1.54) is 22.3 Å². The average Bonchev–Trinajstić information content (AvgIpc) is 3.30. The average molecular weight is 415 g/mol. The Morgan fingerprint density at radius 1 is 0.600 bits per heavy atom. The molecule has 0 radical (unpaired) electrons. The molecule has 30 heavy (non-hydrogen) atoms. The van der Waals surface area contributed by atoms with Crippen LogP contribution in [-0.4, -0.2) is 5.78 Å². The monoisotopic (exact) mass is 414 g/mol. The van der Waals surface area contributed by atoms with Gasteiger partial charge < -0.3 is 8.83 Å². The first-order valence-corrected chi connectivity index (χ1v) is 12.1. The highest BCUT2D eigenvalue weighted by molar-refractivity contribution is 5.80. The number of furan rings is 2. The van der Waals surface area contributed by atoms with E-state index in [9.17, 15) is 4.79 Å². The van der Waals surface area contributed by atoms with Gasteiger partial charge in [0.25, 0.3) is 0 Å². The van der Waals surface area contributed by atoms with Gasteiger partial charge in [-0.15, -0.1) is 0 Å². The van der Waals surface area contributed by atoms with E-state index in [-0.39, 0.29) is 11.8 Å². The summed E-state index contributed by atoms with van der Waals surface area (Å²) in [5.74, 6) is 4.77. The fourth-order valence-electron chi connectivity index (χ4n) is 5.06. The number of aryl methyl sites for hydroxylation is 2. The van der Waals surface area contributed by atoms with Crippen molar-refractivity contribution < 1.29 is 13.6 Å². The van der Waals surface area contributed by atoms with Crippen molar-refractivity contribution in [2.75, 3.05) is 0 Å². The lowest BCUT2D eigenvalue weighted by molar-refractivity contribution is -0.119. The van der Waals surface area contributed by atoms with Crippen molar-refractivity contribution in [2.45, 2.75) is 119 Å². The number of ketones is 1. The minimum absolute atomic E-state index is 0.116. The predicted molar refractivity (Wildman–Crippen MR) is 125 cm³/mol. The quantitative estimate of drug-likeness (QED) is 0.361. The normalized spacial score (nSPS) is 13.6. The second-order valence-electron chi connectivity index (χ2n) is 8.56. The van der Waals surface area contributed by atoms with Gasteiger partial charge in [0.15, 0.2) is 0 Å². The van der Waals surface area contributed by atoms with Crippen LogP contribution in [0.1, 0.15) is 125 Å². The minimum Gasteiger partial charge on any atom is -0.465 e. The van der Waals surface area contributed by atoms with E-state index in [2.05, 4.69) is 55.4 Å². The molecule has 0 spiro atoms. The largest absolute Gasteiger partial charge is 0.465 e. The van der Waals surface area contributed by atoms with Gasteiger partial charge in [0.2, 0.25) is 0 Å². The molecule has 2 aromatic heterocycles. The summed E-state index contributed by atoms with van der Waals surface area (Å²) in [6.45, 7) is 17.3. The zero-order valence-corrected chi connectivity index (χ0v) is 20.5. The second kappa shape index (κ2) is 11.0. The molecule has 0 N–H and O–H groups in total. The van der Waals surface area contributed by atoms with Crippen molar-refractivity contribution in [2.24, 2.45) is 0 Å². The van der Waals surface area contributed by atoms with Crippen LogP contribution in [0.5, 0.6) is 0 Å². The summed E-state index contributed by atoms with van der Waals surface area (Å²) in [5, 5.41) is 0. The fraction of sp³-hybridized carbons (Fsp3) is 0.667. The van der Waals surface area contributed by atoms with Crippen LogP contribution in [-0.2, 0) is 43.3 Å². The third kappa shape index (κ3) is 4.92. The molecule has 0 bridgehead atoms. The predicted octanol–water partition coefficient (Wildman–Crippen LogP) is 7.50. The molecule has 0 aromatic carbocycles. The van der Waals surface area contributed by atoms with Crippen LogP contribution >= 0.6 is 0 Å². The Morgan fingerprint density at radius 2 is 0.933 bits per heavy atom. The standard InChI is InChI=1S/C27H42O3/c1-9-20-22(11-3)26(29-24(20)13-5)17(7)15-19(28)16-18(8)27-23(12-4)21(10-2)25(14-6)30-27/h17-18H,9-16H2,1-8H3. The summed E-state index contributed by atoms with van der Waals surface area (Å²) in [7, 11) is 0. The third-order valence-corrected chi connectivity index (χ3v) is 6.48. The molecule has 2 aromatic rings. The van der Waals surface area contributed by atoms with Crippen LogP contribution in [0.15, 0.2) is 8.83 Å². The van der Waals surface area contributed by atoms with Gasteiger partial charge in [-0.25, -0.2) is 0 Å². The molecule has 3 nitrogen and oxygen atoms in total. The number of hydrogen-bond donors (Lipinski definition) is 0. The number of rotatable bonds is 12. The summed E-state index contributed by atoms with van der Waals surface area (Å²) in [6, 6.07) is 0. The van der Waals surface area contributed by atoms with Crippen molar-refractivity contribution in [1.29, 1.82) is 0 Å². The molecular weight excluding hydrogens is 372 g/mol. The van der Waals surface area contributed by atoms with Gasteiger partial charge in [-0.1, -0.05) is 55.4 Å². The molecule has 2 atom stereocenters. The first kappa shape index (κ1) is 24.5. The van der Waals surface area contributed by atoms with Crippen molar-refractivity contribution in [3.05, 3.63) is 45.3 Å². The lowest BCUT2D eigenvalue weighted by Gasteiger charge is -2.14. The highest BCUT2D eigenvalue weighted by Crippen LogP contribution is 2.35. The SMILES string of the molecule is CCc1oc(C(C)CC(=O)CC(C)c2oc(CC)c(CC)c2CC)c(CC)c1CC. The first-order chi connectivity index (χ1) is 14.4. The van der Waals surface area contributed by atoms with E-state index in [4.69, 9.17) is 8.83 Å². The summed E-state index contributed by atoms with van der Waals surface area (Å²) in [4.78, 5) is 13.0. The highest BCUT2D eigenvalue weighted by Gasteiger charge is 2.26. The molecule has 2 heterocycles. The number of carbonyl (C=O) groups excluding carboxylic acids is 1. The van der Waals surface area contributed by atoms with Gasteiger partial charge in [0.05, 0.1) is 0 Å². The number of hydrogen-bond acceptors (Lipinski definition) is 3. The van der Waals surface area contributed by atoms with Crippen molar-refractivity contribution >= 4 is 5.78 Å². The first-order valence-electron chi connectivity index (χ1n) is 12.1. The molecule has 2 rings (SSSR count). The van der Waals surface area contributed by atoms with E-state index >= 15 is 0 Å². The van der Waals surface area contributed by atoms with Crippen molar-refractivity contribution in [1.82, 2.24) is 0 Å². The Morgan fingerprint density at radius 3 is 1.20 bits per heavy atom. The fourth-order valence-corrected chi connectivity index (χ4v) is 5.06. The summed E-state index contributed by atoms with van der Waals surface area (Å²) in [5.41, 5.74) is 5.35. The Bertz CT molecular complexity index is 769. The van der Waals surface area contributed by atoms with E-state index in [1.54, 1.807) is 0 Å². The van der Waals surface area contributed by atoms with Gasteiger partial charge in [-0.05, 0) is 47.9 Å². The molecule has 2 unspecified atom stereocenters. The van der Waals surface area contributed by atoms with Crippen LogP contribution in [0.2, 0.25) is 0 Å². The highest BCUT2D eigenvalue weighted by atomic mass is 16.3. The Kier molecular flexibility index (Phi) is 9.00. The molecule has 0 saturated heterocycles. The Hall–Kier alpha value is -1.77. The Balaban J connectivity index is 2.16. The van der Waals surface area contributed by atoms with Crippen LogP contribution in [0.3, 0.4) is 0 Å². The molecule has 0 aliphatic rings. The van der Waals surface area contributed by atoms with Crippen molar-refractivity contribution in [3.8, 4) is 0 Å². The molecule has 3 heteroatoms. The van der Waals surface area contributed by atoms with Gasteiger partial charge in [0.1, 0.15) is 28.8 Å². The maximum atomic E-state index is 13.0. The summed E-state index contributed by atoms with van der Waals surface area (Å²) in [6.07, 6.45) is 6.78. The second-order valence-corrected chi connectivity index (χ2v) is 8.56. The van der Waals surface area contributed by atoms with E-state index in [1.807, 2.05) is 0 Å². The van der Waals surface area contributed by atoms with E-state index in [0.29, 0.717) is 18.6 Å². The smallest absolute Gasteiger partial charge is 0.134 e. The molecule has 168 valence electrons. The maximum Gasteiger partial charge on any atom is 0.134 e. The van der Waals surface area contributed by atoms with E-state index in [0.717, 1.165) is 61.6 Å². The molecular formula is C27H42O3. The van der Waals surface area contributed by atoms with Crippen LogP contribution in [0, 0.1) is 0 Å². The number of Topliss-reactive ketones (excluding diaryl/α,β-unsaturated/α-hetero) is 1. The molecule has 0 aliphatic carbocycles. The third-order valence-electron chi connectivity index (χ3n) is 6.48. The minimum atomic E-state index is 0.116. The molecule has 0 aliphatic heterocycles. The molecule has 0 amide bonds. The van der Waals surface area contributed by atoms with Crippen LogP contribution in [0.4, 0.5) is 0 Å². The zero-order chi connectivity index (χ0) is 22.4. The number of carbonyl (C=O) groups is 1. The van der Waals surface area contributed by atoms with Crippen LogP contribution in [0.25, 0.3) is 0 Å².